The Balaban J connectivity index is 1.47. The number of amidine groups is 1. The van der Waals surface area contributed by atoms with Crippen LogP contribution in [0.1, 0.15) is 75.3 Å². The summed E-state index contributed by atoms with van der Waals surface area (Å²) in [5.74, 6) is 0.0189. The van der Waals surface area contributed by atoms with Crippen molar-refractivity contribution in [2.24, 2.45) is 5.73 Å². The number of nitrogens with two attached hydrogens (primary N) is 1. The highest BCUT2D eigenvalue weighted by atomic mass is 16.1. The minimum absolute atomic E-state index is 0.0189. The van der Waals surface area contributed by atoms with Gasteiger partial charge in [0.2, 0.25) is 0 Å². The molecule has 4 N–H and O–H groups in total. The topological polar surface area (TPSA) is 98.9 Å². The molecule has 4 rings (SSSR count). The van der Waals surface area contributed by atoms with Crippen LogP contribution in [0.3, 0.4) is 0 Å². The number of likely N-dealkylation sites (tertiary alicyclic amines) is 1. The number of piperidine rings is 1. The van der Waals surface area contributed by atoms with Crippen LogP contribution in [0, 0.1) is 5.41 Å². The van der Waals surface area contributed by atoms with E-state index >= 15 is 0 Å². The molecule has 2 aromatic carbocycles. The van der Waals surface area contributed by atoms with Gasteiger partial charge in [0.25, 0.3) is 5.56 Å². The van der Waals surface area contributed by atoms with E-state index in [1.165, 1.54) is 19.3 Å². The Kier molecular flexibility index (Phi) is 7.47. The van der Waals surface area contributed by atoms with Crippen LogP contribution >= 0.6 is 0 Å². The monoisotopic (exact) mass is 459 g/mol. The van der Waals surface area contributed by atoms with Gasteiger partial charge < -0.3 is 10.7 Å². The van der Waals surface area contributed by atoms with E-state index in [-0.39, 0.29) is 11.4 Å². The number of nitrogens with one attached hydrogen (secondary N) is 2. The summed E-state index contributed by atoms with van der Waals surface area (Å²) < 4.78 is 0. The van der Waals surface area contributed by atoms with E-state index in [1.54, 1.807) is 6.07 Å². The van der Waals surface area contributed by atoms with Crippen LogP contribution in [0.25, 0.3) is 11.0 Å². The van der Waals surface area contributed by atoms with E-state index in [0.29, 0.717) is 35.8 Å². The highest BCUT2D eigenvalue weighted by Gasteiger charge is 2.28. The van der Waals surface area contributed by atoms with Gasteiger partial charge in [-0.25, -0.2) is 4.98 Å². The van der Waals surface area contributed by atoms with Crippen LogP contribution in [0.15, 0.2) is 47.3 Å². The van der Waals surface area contributed by atoms with Crippen molar-refractivity contribution in [1.29, 1.82) is 5.41 Å². The summed E-state index contributed by atoms with van der Waals surface area (Å²) in [4.78, 5) is 23.4. The minimum atomic E-state index is -0.155. The van der Waals surface area contributed by atoms with Crippen molar-refractivity contribution in [1.82, 2.24) is 14.9 Å². The largest absolute Gasteiger partial charge is 0.384 e. The summed E-state index contributed by atoms with van der Waals surface area (Å²) in [6, 6.07) is 15.4. The average Bonchev–Trinajstić information content (AvgIpc) is 2.80. The quantitative estimate of drug-likeness (QED) is 0.334. The number of aromatic amines is 1. The molecule has 0 radical (unpaired) electrons. The second-order valence-electron chi connectivity index (χ2n) is 9.93. The first-order valence-corrected chi connectivity index (χ1v) is 12.5. The molecule has 3 unspecified atom stereocenters. The molecule has 3 atom stereocenters. The molecule has 1 saturated heterocycles. The zero-order valence-corrected chi connectivity index (χ0v) is 20.6. The number of hydrogen-bond donors (Lipinski definition) is 3. The van der Waals surface area contributed by atoms with Crippen molar-refractivity contribution in [3.05, 3.63) is 75.2 Å². The van der Waals surface area contributed by atoms with Crippen molar-refractivity contribution >= 4 is 16.9 Å². The average molecular weight is 460 g/mol. The van der Waals surface area contributed by atoms with Crippen LogP contribution in [0.4, 0.5) is 0 Å². The van der Waals surface area contributed by atoms with Gasteiger partial charge in [-0.05, 0) is 76.1 Å². The fourth-order valence-corrected chi connectivity index (χ4v) is 5.62. The highest BCUT2D eigenvalue weighted by Crippen LogP contribution is 2.27. The van der Waals surface area contributed by atoms with Crippen LogP contribution < -0.4 is 11.3 Å². The summed E-state index contributed by atoms with van der Waals surface area (Å²) >= 11 is 0. The van der Waals surface area contributed by atoms with E-state index in [1.807, 2.05) is 30.3 Å². The lowest BCUT2D eigenvalue weighted by atomic mass is 9.93. The van der Waals surface area contributed by atoms with Gasteiger partial charge in [0, 0.05) is 30.1 Å². The van der Waals surface area contributed by atoms with Crippen molar-refractivity contribution < 1.29 is 0 Å². The fraction of sp³-hybridized carbons (Fsp3) is 0.464. The number of rotatable bonds is 8. The number of nitrogen functional groups attached to an aromatic ring is 1. The number of aryl methyl sites for hydroxylation is 1. The van der Waals surface area contributed by atoms with Crippen molar-refractivity contribution in [2.45, 2.75) is 83.8 Å². The lowest BCUT2D eigenvalue weighted by Crippen LogP contribution is -2.48. The molecular formula is C28H37N5O. The third-order valence-electron chi connectivity index (χ3n) is 7.33. The van der Waals surface area contributed by atoms with E-state index in [0.717, 1.165) is 41.4 Å². The molecule has 6 heteroatoms. The molecule has 180 valence electrons. The molecule has 1 aliphatic rings. The van der Waals surface area contributed by atoms with Crippen LogP contribution in [0.5, 0.6) is 0 Å². The lowest BCUT2D eigenvalue weighted by Gasteiger charge is -2.43. The second-order valence-corrected chi connectivity index (χ2v) is 9.93. The summed E-state index contributed by atoms with van der Waals surface area (Å²) in [6.45, 7) is 7.08. The summed E-state index contributed by atoms with van der Waals surface area (Å²) in [5, 5.41) is 7.64. The van der Waals surface area contributed by atoms with Gasteiger partial charge in [0.15, 0.2) is 0 Å². The lowest BCUT2D eigenvalue weighted by molar-refractivity contribution is 0.0580. The van der Waals surface area contributed by atoms with Crippen LogP contribution in [0.2, 0.25) is 0 Å². The van der Waals surface area contributed by atoms with Crippen molar-refractivity contribution in [3.63, 3.8) is 0 Å². The fourth-order valence-electron chi connectivity index (χ4n) is 5.62. The number of fused-ring (bicyclic) bond motifs is 1. The molecule has 6 nitrogen and oxygen atoms in total. The minimum Gasteiger partial charge on any atom is -0.384 e. The Bertz CT molecular complexity index is 1210. The predicted molar refractivity (Wildman–Crippen MR) is 140 cm³/mol. The van der Waals surface area contributed by atoms with E-state index in [9.17, 15) is 4.79 Å². The zero-order valence-electron chi connectivity index (χ0n) is 20.6. The van der Waals surface area contributed by atoms with Gasteiger partial charge >= 0.3 is 0 Å². The smallest absolute Gasteiger partial charge is 0.270 e. The zero-order chi connectivity index (χ0) is 24.2. The van der Waals surface area contributed by atoms with E-state index < -0.39 is 0 Å². The van der Waals surface area contributed by atoms with Gasteiger partial charge in [-0.2, -0.15) is 0 Å². The molecule has 1 aliphatic heterocycles. The first-order valence-electron chi connectivity index (χ1n) is 12.5. The van der Waals surface area contributed by atoms with Gasteiger partial charge in [0.05, 0.1) is 11.0 Å². The number of para-hydroxylation sites is 1. The SMILES string of the molecule is CC(CCCc1cccc2nc(Cc3cccc(C(=N)N)c3)c(=O)[nH]c12)N1C(C)CCCC1C. The van der Waals surface area contributed by atoms with Gasteiger partial charge in [-0.15, -0.1) is 0 Å². The molecule has 0 amide bonds. The molecule has 0 bridgehead atoms. The second kappa shape index (κ2) is 10.5. The number of benzene rings is 2. The summed E-state index contributed by atoms with van der Waals surface area (Å²) in [5.41, 5.74) is 10.3. The van der Waals surface area contributed by atoms with Crippen LogP contribution in [-0.4, -0.2) is 38.8 Å². The molecule has 0 aliphatic carbocycles. The number of hydrogen-bond acceptors (Lipinski definition) is 4. The Morgan fingerprint density at radius 3 is 2.68 bits per heavy atom. The third kappa shape index (κ3) is 5.39. The van der Waals surface area contributed by atoms with Gasteiger partial charge in [-0.1, -0.05) is 36.8 Å². The summed E-state index contributed by atoms with van der Waals surface area (Å²) in [7, 11) is 0. The Labute approximate surface area is 202 Å². The first-order chi connectivity index (χ1) is 16.3. The van der Waals surface area contributed by atoms with Crippen molar-refractivity contribution in [3.8, 4) is 0 Å². The molecule has 1 fully saturated rings. The number of H-pyrrole nitrogens is 1. The maximum Gasteiger partial charge on any atom is 0.270 e. The summed E-state index contributed by atoms with van der Waals surface area (Å²) in [6.07, 6.45) is 7.49. The van der Waals surface area contributed by atoms with E-state index in [4.69, 9.17) is 16.1 Å². The normalized spacial score (nSPS) is 19.9. The third-order valence-corrected chi connectivity index (χ3v) is 7.33. The van der Waals surface area contributed by atoms with E-state index in [2.05, 4.69) is 36.7 Å². The molecule has 34 heavy (non-hydrogen) atoms. The Hall–Kier alpha value is -2.99. The van der Waals surface area contributed by atoms with Crippen LogP contribution in [-0.2, 0) is 12.8 Å². The standard InChI is InChI=1S/C28H37N5O/c1-18-8-4-9-19(2)33(18)20(3)10-5-12-22-13-7-15-24-26(22)32-28(34)25(31-24)17-21-11-6-14-23(16-21)27(29)30/h6-7,11,13-16,18-20H,4-5,8-10,12,17H2,1-3H3,(H3,29,30)(H,32,34). The number of nitrogens with zero attached hydrogens (tertiary/aromatic N) is 2. The predicted octanol–water partition coefficient (Wildman–Crippen LogP) is 4.77. The van der Waals surface area contributed by atoms with Gasteiger partial charge in [0.1, 0.15) is 11.5 Å². The molecule has 1 aromatic heterocycles. The molecule has 0 saturated carbocycles. The Morgan fingerprint density at radius 1 is 1.21 bits per heavy atom. The maximum absolute atomic E-state index is 12.9. The highest BCUT2D eigenvalue weighted by molar-refractivity contribution is 5.95. The van der Waals surface area contributed by atoms with Crippen molar-refractivity contribution in [2.75, 3.05) is 0 Å². The molecule has 3 aromatic rings. The molecule has 2 heterocycles. The number of aromatic nitrogens is 2. The first kappa shape index (κ1) is 24.1. The Morgan fingerprint density at radius 2 is 1.94 bits per heavy atom. The molecular weight excluding hydrogens is 422 g/mol. The maximum atomic E-state index is 12.9. The molecule has 0 spiro atoms. The van der Waals surface area contributed by atoms with Gasteiger partial charge in [-0.3, -0.25) is 15.1 Å².